The molecular weight excluding hydrogens is 416 g/mol. The summed E-state index contributed by atoms with van der Waals surface area (Å²) < 4.78 is 1.72. The molecule has 8 heteroatoms. The molecule has 0 bridgehead atoms. The summed E-state index contributed by atoms with van der Waals surface area (Å²) in [5.74, 6) is -0.385. The number of hydrogen-bond acceptors (Lipinski definition) is 5. The van der Waals surface area contributed by atoms with Gasteiger partial charge in [-0.25, -0.2) is 4.68 Å². The largest absolute Gasteiger partial charge is 0.289 e. The van der Waals surface area contributed by atoms with E-state index in [1.807, 2.05) is 48.7 Å². The van der Waals surface area contributed by atoms with Gasteiger partial charge in [0.25, 0.3) is 5.69 Å². The number of para-hydroxylation sites is 1. The molecule has 7 nitrogen and oxygen atoms in total. The predicted molar refractivity (Wildman–Crippen MR) is 118 cm³/mol. The van der Waals surface area contributed by atoms with Gasteiger partial charge in [0.05, 0.1) is 10.6 Å². The van der Waals surface area contributed by atoms with Crippen LogP contribution < -0.4 is 0 Å². The minimum atomic E-state index is -0.618. The second-order valence-corrected chi connectivity index (χ2v) is 6.98. The lowest BCUT2D eigenvalue weighted by molar-refractivity contribution is -0.384. The van der Waals surface area contributed by atoms with Crippen LogP contribution in [0.5, 0.6) is 0 Å². The number of carbonyl (C=O) groups excluding carboxylic acids is 1. The van der Waals surface area contributed by atoms with E-state index in [1.165, 1.54) is 24.3 Å². The maximum absolute atomic E-state index is 12.6. The van der Waals surface area contributed by atoms with Gasteiger partial charge in [-0.05, 0) is 48.6 Å². The zero-order valence-corrected chi connectivity index (χ0v) is 16.8. The lowest BCUT2D eigenvalue weighted by Crippen LogP contribution is -1.97. The topological polar surface area (TPSA) is 90.9 Å². The summed E-state index contributed by atoms with van der Waals surface area (Å²) in [6.45, 7) is 0. The molecule has 0 saturated carbocycles. The number of nitrogens with zero attached hydrogens (tertiary/aromatic N) is 4. The summed E-state index contributed by atoms with van der Waals surface area (Å²) in [5.41, 5.74) is 2.88. The quantitative estimate of drug-likeness (QED) is 0.177. The number of allylic oxidation sites excluding steroid dienone is 1. The smallest absolute Gasteiger partial charge is 0.288 e. The van der Waals surface area contributed by atoms with Gasteiger partial charge in [-0.15, -0.1) is 0 Å². The van der Waals surface area contributed by atoms with Crippen molar-refractivity contribution in [1.82, 2.24) is 14.8 Å². The summed E-state index contributed by atoms with van der Waals surface area (Å²) in [7, 11) is 0. The van der Waals surface area contributed by atoms with E-state index in [-0.39, 0.29) is 22.1 Å². The van der Waals surface area contributed by atoms with Crippen LogP contribution in [0, 0.1) is 10.1 Å². The first-order chi connectivity index (χ1) is 15.0. The summed E-state index contributed by atoms with van der Waals surface area (Å²) in [6.07, 6.45) is 8.17. The Labute approximate surface area is 182 Å². The third kappa shape index (κ3) is 4.41. The first-order valence-electron chi connectivity index (χ1n) is 9.25. The number of aromatic nitrogens is 3. The third-order valence-electron chi connectivity index (χ3n) is 4.54. The van der Waals surface area contributed by atoms with E-state index in [0.29, 0.717) is 11.3 Å². The van der Waals surface area contributed by atoms with Crippen LogP contribution in [-0.4, -0.2) is 25.5 Å². The fourth-order valence-electron chi connectivity index (χ4n) is 3.02. The van der Waals surface area contributed by atoms with Gasteiger partial charge in [-0.1, -0.05) is 29.8 Å². The summed E-state index contributed by atoms with van der Waals surface area (Å²) in [5, 5.41) is 15.7. The van der Waals surface area contributed by atoms with Crippen LogP contribution in [-0.2, 0) is 0 Å². The highest BCUT2D eigenvalue weighted by atomic mass is 35.5. The molecule has 31 heavy (non-hydrogen) atoms. The number of hydrogen-bond donors (Lipinski definition) is 0. The van der Waals surface area contributed by atoms with Gasteiger partial charge in [0, 0.05) is 41.3 Å². The first-order valence-corrected chi connectivity index (χ1v) is 9.62. The molecule has 2 aromatic carbocycles. The van der Waals surface area contributed by atoms with Crippen molar-refractivity contribution < 1.29 is 9.72 Å². The van der Waals surface area contributed by atoms with Crippen LogP contribution in [0.15, 0.2) is 85.3 Å². The SMILES string of the molecule is O=C(/C=C/c1cn(-c2ccccc2)nc1-c1cccnc1)c1ccc(Cl)c([N+](=O)[O-])c1. The molecule has 0 saturated heterocycles. The van der Waals surface area contributed by atoms with Crippen molar-refractivity contribution in [2.24, 2.45) is 0 Å². The highest BCUT2D eigenvalue weighted by molar-refractivity contribution is 6.32. The highest BCUT2D eigenvalue weighted by Crippen LogP contribution is 2.27. The molecular formula is C23H15ClN4O3. The number of carbonyl (C=O) groups is 1. The van der Waals surface area contributed by atoms with Crippen molar-refractivity contribution in [3.05, 3.63) is 112 Å². The number of rotatable bonds is 6. The standard InChI is InChI=1S/C23H15ClN4O3/c24-20-10-8-16(13-21(20)28(30)31)22(29)11-9-18-15-27(19-6-2-1-3-7-19)26-23(18)17-5-4-12-25-14-17/h1-15H/b11-9+. The van der Waals surface area contributed by atoms with Crippen molar-refractivity contribution in [2.45, 2.75) is 0 Å². The fraction of sp³-hybridized carbons (Fsp3) is 0. The fourth-order valence-corrected chi connectivity index (χ4v) is 3.20. The minimum Gasteiger partial charge on any atom is -0.289 e. The molecule has 2 aromatic heterocycles. The lowest BCUT2D eigenvalue weighted by Gasteiger charge is -2.00. The van der Waals surface area contributed by atoms with Crippen molar-refractivity contribution in [1.29, 1.82) is 0 Å². The number of nitro benzene ring substituents is 1. The van der Waals surface area contributed by atoms with Gasteiger partial charge < -0.3 is 0 Å². The first kappa shape index (κ1) is 20.2. The van der Waals surface area contributed by atoms with Gasteiger partial charge in [0.15, 0.2) is 5.78 Å². The molecule has 0 fully saturated rings. The molecule has 0 spiro atoms. The molecule has 0 aliphatic carbocycles. The Morgan fingerprint density at radius 1 is 1.10 bits per heavy atom. The van der Waals surface area contributed by atoms with Crippen molar-refractivity contribution >= 4 is 29.1 Å². The molecule has 0 amide bonds. The van der Waals surface area contributed by atoms with E-state index in [2.05, 4.69) is 10.1 Å². The summed E-state index contributed by atoms with van der Waals surface area (Å²) in [6, 6.07) is 17.2. The van der Waals surface area contributed by atoms with Gasteiger partial charge >= 0.3 is 0 Å². The van der Waals surface area contributed by atoms with Crippen molar-refractivity contribution in [2.75, 3.05) is 0 Å². The number of pyridine rings is 1. The van der Waals surface area contributed by atoms with E-state index in [9.17, 15) is 14.9 Å². The molecule has 0 N–H and O–H groups in total. The van der Waals surface area contributed by atoms with Crippen molar-refractivity contribution in [3.8, 4) is 16.9 Å². The monoisotopic (exact) mass is 430 g/mol. The van der Waals surface area contributed by atoms with E-state index in [4.69, 9.17) is 11.6 Å². The normalized spacial score (nSPS) is 11.0. The maximum Gasteiger partial charge on any atom is 0.288 e. The lowest BCUT2D eigenvalue weighted by atomic mass is 10.1. The van der Waals surface area contributed by atoms with Gasteiger partial charge in [0.2, 0.25) is 0 Å². The number of ketones is 1. The molecule has 0 radical (unpaired) electrons. The van der Waals surface area contributed by atoms with Crippen molar-refractivity contribution in [3.63, 3.8) is 0 Å². The molecule has 2 heterocycles. The Morgan fingerprint density at radius 3 is 2.61 bits per heavy atom. The Hall–Kier alpha value is -4.10. The molecule has 4 rings (SSSR count). The van der Waals surface area contributed by atoms with Crippen LogP contribution in [0.25, 0.3) is 23.0 Å². The van der Waals surface area contributed by atoms with E-state index < -0.39 is 4.92 Å². The van der Waals surface area contributed by atoms with Gasteiger partial charge in [0.1, 0.15) is 10.7 Å². The molecule has 152 valence electrons. The van der Waals surface area contributed by atoms with Crippen LogP contribution in [0.1, 0.15) is 15.9 Å². The van der Waals surface area contributed by atoms with Crippen LogP contribution in [0.3, 0.4) is 0 Å². The maximum atomic E-state index is 12.6. The Bertz CT molecular complexity index is 1280. The van der Waals surface area contributed by atoms with E-state index in [0.717, 1.165) is 11.3 Å². The zero-order valence-electron chi connectivity index (χ0n) is 16.1. The molecule has 0 atom stereocenters. The molecule has 4 aromatic rings. The van der Waals surface area contributed by atoms with Gasteiger partial charge in [-0.3, -0.25) is 19.9 Å². The summed E-state index contributed by atoms with van der Waals surface area (Å²) >= 11 is 5.83. The van der Waals surface area contributed by atoms with E-state index >= 15 is 0 Å². The highest BCUT2D eigenvalue weighted by Gasteiger charge is 2.16. The zero-order chi connectivity index (χ0) is 21.8. The van der Waals surface area contributed by atoms with E-state index in [1.54, 1.807) is 23.2 Å². The predicted octanol–water partition coefficient (Wildman–Crippen LogP) is 5.39. The van der Waals surface area contributed by atoms with Crippen LogP contribution in [0.4, 0.5) is 5.69 Å². The molecule has 0 aliphatic heterocycles. The minimum absolute atomic E-state index is 0.0199. The number of nitro groups is 1. The van der Waals surface area contributed by atoms with Gasteiger partial charge in [-0.2, -0.15) is 5.10 Å². The summed E-state index contributed by atoms with van der Waals surface area (Å²) in [4.78, 5) is 27.3. The molecule has 0 unspecified atom stereocenters. The number of benzene rings is 2. The second kappa shape index (κ2) is 8.73. The van der Waals surface area contributed by atoms with Crippen LogP contribution >= 0.6 is 11.6 Å². The molecule has 0 aliphatic rings. The third-order valence-corrected chi connectivity index (χ3v) is 4.86. The number of halogens is 1. The van der Waals surface area contributed by atoms with Crippen LogP contribution in [0.2, 0.25) is 5.02 Å². The Morgan fingerprint density at radius 2 is 1.90 bits per heavy atom. The Balaban J connectivity index is 1.71. The average molecular weight is 431 g/mol. The second-order valence-electron chi connectivity index (χ2n) is 6.58. The average Bonchev–Trinajstić information content (AvgIpc) is 3.23. The Kier molecular flexibility index (Phi) is 5.68.